The van der Waals surface area contributed by atoms with Gasteiger partial charge in [0.15, 0.2) is 0 Å². The normalized spacial score (nSPS) is 13.4. The molecule has 1 heterocycles. The number of carbonyl (C=O) groups excluding carboxylic acids is 3. The van der Waals surface area contributed by atoms with E-state index in [9.17, 15) is 14.4 Å². The van der Waals surface area contributed by atoms with Gasteiger partial charge in [-0.1, -0.05) is 46.9 Å². The van der Waals surface area contributed by atoms with E-state index < -0.39 is 11.8 Å². The number of rotatable bonds is 7. The van der Waals surface area contributed by atoms with Crippen LogP contribution in [-0.2, 0) is 9.59 Å². The molecule has 1 aliphatic heterocycles. The number of nitrogens with zero attached hydrogens (tertiary/aromatic N) is 1. The summed E-state index contributed by atoms with van der Waals surface area (Å²) >= 11 is 18.4. The summed E-state index contributed by atoms with van der Waals surface area (Å²) in [5, 5.41) is 5.88. The molecule has 184 valence electrons. The van der Waals surface area contributed by atoms with E-state index >= 15 is 0 Å². The van der Waals surface area contributed by atoms with Gasteiger partial charge in [-0.15, -0.1) is 0 Å². The van der Waals surface area contributed by atoms with E-state index in [0.717, 1.165) is 4.90 Å². The van der Waals surface area contributed by atoms with Crippen molar-refractivity contribution in [1.82, 2.24) is 0 Å². The van der Waals surface area contributed by atoms with Crippen LogP contribution in [0, 0.1) is 0 Å². The lowest BCUT2D eigenvalue weighted by Crippen LogP contribution is -2.32. The summed E-state index contributed by atoms with van der Waals surface area (Å²) in [6.45, 7) is 3.80. The minimum atomic E-state index is -0.730. The number of hydrogen-bond donors (Lipinski definition) is 2. The second-order valence-electron chi connectivity index (χ2n) is 8.05. The highest BCUT2D eigenvalue weighted by Gasteiger charge is 2.40. The van der Waals surface area contributed by atoms with Crippen molar-refractivity contribution >= 4 is 69.6 Å². The minimum absolute atomic E-state index is 0.0504. The maximum absolute atomic E-state index is 13.0. The van der Waals surface area contributed by atoms with Crippen molar-refractivity contribution in [2.24, 2.45) is 0 Å². The molecular weight excluding hydrogens is 525 g/mol. The van der Waals surface area contributed by atoms with Gasteiger partial charge in [0.25, 0.3) is 17.7 Å². The fraction of sp³-hybridized carbons (Fsp3) is 0.115. The van der Waals surface area contributed by atoms with Crippen LogP contribution >= 0.6 is 34.8 Å². The van der Waals surface area contributed by atoms with Crippen LogP contribution in [0.1, 0.15) is 24.2 Å². The average Bonchev–Trinajstić information content (AvgIpc) is 3.05. The van der Waals surface area contributed by atoms with Gasteiger partial charge in [0, 0.05) is 16.3 Å². The first kappa shape index (κ1) is 25.6. The molecule has 36 heavy (non-hydrogen) atoms. The molecule has 3 aromatic rings. The van der Waals surface area contributed by atoms with E-state index in [4.69, 9.17) is 39.5 Å². The maximum Gasteiger partial charge on any atom is 0.283 e. The maximum atomic E-state index is 13.0. The van der Waals surface area contributed by atoms with Gasteiger partial charge in [-0.25, -0.2) is 4.90 Å². The smallest absolute Gasteiger partial charge is 0.283 e. The van der Waals surface area contributed by atoms with Crippen molar-refractivity contribution in [3.05, 3.63) is 93.1 Å². The molecule has 4 rings (SSSR count). The van der Waals surface area contributed by atoms with Crippen LogP contribution in [-0.4, -0.2) is 23.8 Å². The molecule has 0 aliphatic carbocycles. The number of imide groups is 1. The van der Waals surface area contributed by atoms with Crippen molar-refractivity contribution in [3.8, 4) is 5.75 Å². The van der Waals surface area contributed by atoms with Crippen LogP contribution in [0.25, 0.3) is 0 Å². The highest BCUT2D eigenvalue weighted by Crippen LogP contribution is 2.36. The summed E-state index contributed by atoms with van der Waals surface area (Å²) in [6, 6.07) is 17.9. The van der Waals surface area contributed by atoms with Crippen LogP contribution < -0.4 is 20.3 Å². The van der Waals surface area contributed by atoms with Gasteiger partial charge < -0.3 is 15.4 Å². The third-order valence-corrected chi connectivity index (χ3v) is 6.00. The van der Waals surface area contributed by atoms with Gasteiger partial charge in [0.1, 0.15) is 16.5 Å². The fourth-order valence-corrected chi connectivity index (χ4v) is 4.04. The molecule has 0 bridgehead atoms. The van der Waals surface area contributed by atoms with Gasteiger partial charge >= 0.3 is 0 Å². The number of benzene rings is 3. The van der Waals surface area contributed by atoms with Crippen molar-refractivity contribution in [1.29, 1.82) is 0 Å². The van der Waals surface area contributed by atoms with Gasteiger partial charge in [0.05, 0.1) is 22.5 Å². The van der Waals surface area contributed by atoms with Crippen molar-refractivity contribution in [2.75, 3.05) is 15.5 Å². The van der Waals surface area contributed by atoms with E-state index in [-0.39, 0.29) is 33.5 Å². The molecule has 0 fully saturated rings. The Labute approximate surface area is 222 Å². The van der Waals surface area contributed by atoms with Crippen LogP contribution in [0.15, 0.2) is 77.5 Å². The van der Waals surface area contributed by atoms with E-state index in [2.05, 4.69) is 10.6 Å². The number of anilines is 3. The predicted molar refractivity (Wildman–Crippen MR) is 142 cm³/mol. The third-order valence-electron chi connectivity index (χ3n) is 5.09. The molecule has 0 radical (unpaired) electrons. The monoisotopic (exact) mass is 543 g/mol. The first-order valence-electron chi connectivity index (χ1n) is 10.8. The molecule has 0 spiro atoms. The van der Waals surface area contributed by atoms with Crippen molar-refractivity contribution < 1.29 is 19.1 Å². The number of nitrogens with one attached hydrogen (secondary N) is 2. The van der Waals surface area contributed by atoms with E-state index in [1.165, 1.54) is 12.1 Å². The van der Waals surface area contributed by atoms with Crippen LogP contribution in [0.3, 0.4) is 0 Å². The zero-order valence-corrected chi connectivity index (χ0v) is 21.4. The lowest BCUT2D eigenvalue weighted by atomic mass is 10.1. The Morgan fingerprint density at radius 2 is 1.61 bits per heavy atom. The summed E-state index contributed by atoms with van der Waals surface area (Å²) in [7, 11) is 0. The summed E-state index contributed by atoms with van der Waals surface area (Å²) in [5.74, 6) is -1.19. The second kappa shape index (κ2) is 10.6. The van der Waals surface area contributed by atoms with Crippen LogP contribution in [0.4, 0.5) is 17.1 Å². The lowest BCUT2D eigenvalue weighted by molar-refractivity contribution is -0.120. The first-order valence-corrected chi connectivity index (χ1v) is 12.0. The molecule has 1 aliphatic rings. The topological polar surface area (TPSA) is 87.7 Å². The number of halogens is 3. The van der Waals surface area contributed by atoms with Gasteiger partial charge in [-0.05, 0) is 68.4 Å². The predicted octanol–water partition coefficient (Wildman–Crippen LogP) is 6.47. The molecule has 2 N–H and O–H groups in total. The molecule has 7 nitrogen and oxygen atoms in total. The van der Waals surface area contributed by atoms with Gasteiger partial charge in [0.2, 0.25) is 0 Å². The van der Waals surface area contributed by atoms with Crippen molar-refractivity contribution in [2.45, 2.75) is 20.0 Å². The SMILES string of the molecule is CC(C)Oc1ccccc1NC(=O)c1ccc(NC2=C(Cl)C(=O)N(c3cc(Cl)ccc3Cl)C2=O)cc1. The highest BCUT2D eigenvalue weighted by atomic mass is 35.5. The van der Waals surface area contributed by atoms with E-state index in [0.29, 0.717) is 27.7 Å². The molecule has 0 atom stereocenters. The van der Waals surface area contributed by atoms with Crippen molar-refractivity contribution in [3.63, 3.8) is 0 Å². The molecule has 0 saturated carbocycles. The molecule has 10 heteroatoms. The van der Waals surface area contributed by atoms with E-state index in [1.54, 1.807) is 48.5 Å². The van der Waals surface area contributed by atoms with Crippen LogP contribution in [0.2, 0.25) is 10.0 Å². The molecule has 3 aromatic carbocycles. The summed E-state index contributed by atoms with van der Waals surface area (Å²) in [5.41, 5.74) is 1.38. The Hall–Kier alpha value is -3.52. The largest absolute Gasteiger partial charge is 0.489 e. The summed E-state index contributed by atoms with van der Waals surface area (Å²) in [4.78, 5) is 39.3. The minimum Gasteiger partial charge on any atom is -0.489 e. The molecular formula is C26H20Cl3N3O4. The average molecular weight is 545 g/mol. The number of hydrogen-bond acceptors (Lipinski definition) is 5. The lowest BCUT2D eigenvalue weighted by Gasteiger charge is -2.17. The third kappa shape index (κ3) is 5.33. The van der Waals surface area contributed by atoms with Gasteiger partial charge in [-0.2, -0.15) is 0 Å². The molecule has 0 saturated heterocycles. The Morgan fingerprint density at radius 3 is 2.31 bits per heavy atom. The fourth-order valence-electron chi connectivity index (χ4n) is 3.46. The summed E-state index contributed by atoms with van der Waals surface area (Å²) in [6.07, 6.45) is -0.0504. The van der Waals surface area contributed by atoms with Gasteiger partial charge in [-0.3, -0.25) is 14.4 Å². The Balaban J connectivity index is 1.49. The Morgan fingerprint density at radius 1 is 0.917 bits per heavy atom. The number of carbonyl (C=O) groups is 3. The molecule has 3 amide bonds. The molecule has 0 unspecified atom stereocenters. The molecule has 0 aromatic heterocycles. The first-order chi connectivity index (χ1) is 17.2. The second-order valence-corrected chi connectivity index (χ2v) is 9.27. The standard InChI is InChI=1S/C26H20Cl3N3O4/c1-14(2)36-21-6-4-3-5-19(21)31-24(33)15-7-10-17(11-8-15)30-23-22(29)25(34)32(26(23)35)20-13-16(27)9-12-18(20)28/h3-14,30H,1-2H3,(H,31,33). The zero-order valence-electron chi connectivity index (χ0n) is 19.1. The quantitative estimate of drug-likeness (QED) is 0.333. The number of para-hydroxylation sites is 2. The highest BCUT2D eigenvalue weighted by molar-refractivity contribution is 6.54. The zero-order chi connectivity index (χ0) is 26.0. The summed E-state index contributed by atoms with van der Waals surface area (Å²) < 4.78 is 5.74. The Kier molecular flexibility index (Phi) is 7.54. The van der Waals surface area contributed by atoms with E-state index in [1.807, 2.05) is 19.9 Å². The number of ether oxygens (including phenoxy) is 1. The Bertz CT molecular complexity index is 1390. The number of amides is 3. The van der Waals surface area contributed by atoms with Crippen LogP contribution in [0.5, 0.6) is 5.75 Å².